The lowest BCUT2D eigenvalue weighted by molar-refractivity contribution is 0.140. The summed E-state index contributed by atoms with van der Waals surface area (Å²) < 4.78 is 25.9. The number of rotatable bonds is 7. The minimum absolute atomic E-state index is 0.265. The predicted octanol–water partition coefficient (Wildman–Crippen LogP) is 4.08. The van der Waals surface area contributed by atoms with E-state index in [0.717, 1.165) is 16.7 Å². The Labute approximate surface area is 156 Å². The van der Waals surface area contributed by atoms with Crippen molar-refractivity contribution in [2.24, 2.45) is 0 Å². The molecule has 2 aromatic heterocycles. The van der Waals surface area contributed by atoms with E-state index in [9.17, 15) is 8.78 Å². The van der Waals surface area contributed by atoms with Crippen LogP contribution >= 0.6 is 0 Å². The van der Waals surface area contributed by atoms with Gasteiger partial charge in [0, 0.05) is 36.7 Å². The Hall–Kier alpha value is -3.17. The van der Waals surface area contributed by atoms with Gasteiger partial charge in [0.25, 0.3) is 6.43 Å². The van der Waals surface area contributed by atoms with Crippen LogP contribution in [0.15, 0.2) is 73.3 Å². The fraction of sp³-hybridized carbons (Fsp3) is 0.190. The maximum Gasteiger partial charge on any atom is 0.250 e. The molecule has 0 saturated heterocycles. The summed E-state index contributed by atoms with van der Waals surface area (Å²) in [5.41, 5.74) is 3.11. The van der Waals surface area contributed by atoms with Gasteiger partial charge < -0.3 is 5.32 Å². The van der Waals surface area contributed by atoms with Gasteiger partial charge in [-0.3, -0.25) is 9.97 Å². The minimum Gasteiger partial charge on any atom is -0.304 e. The molecule has 3 rings (SSSR count). The van der Waals surface area contributed by atoms with Crippen molar-refractivity contribution in [1.29, 1.82) is 5.26 Å². The predicted molar refractivity (Wildman–Crippen MR) is 98.2 cm³/mol. The first-order valence-electron chi connectivity index (χ1n) is 8.50. The molecule has 0 aliphatic heterocycles. The van der Waals surface area contributed by atoms with Gasteiger partial charge in [0.1, 0.15) is 0 Å². The van der Waals surface area contributed by atoms with E-state index in [-0.39, 0.29) is 5.92 Å². The second-order valence-electron chi connectivity index (χ2n) is 6.06. The average Bonchev–Trinajstić information content (AvgIpc) is 2.72. The van der Waals surface area contributed by atoms with Crippen molar-refractivity contribution < 1.29 is 8.78 Å². The molecule has 2 heterocycles. The summed E-state index contributed by atoms with van der Waals surface area (Å²) >= 11 is 0. The number of hydrogen-bond donors (Lipinski definition) is 1. The topological polar surface area (TPSA) is 61.6 Å². The molecule has 3 aromatic rings. The molecule has 6 heteroatoms. The first-order chi connectivity index (χ1) is 13.2. The van der Waals surface area contributed by atoms with E-state index in [2.05, 4.69) is 21.4 Å². The average molecular weight is 364 g/mol. The second-order valence-corrected chi connectivity index (χ2v) is 6.06. The van der Waals surface area contributed by atoms with Gasteiger partial charge in [0.2, 0.25) is 0 Å². The number of alkyl halides is 2. The van der Waals surface area contributed by atoms with E-state index in [1.807, 2.05) is 24.3 Å². The maximum atomic E-state index is 13.0. The van der Waals surface area contributed by atoms with Gasteiger partial charge in [0.15, 0.2) is 0 Å². The van der Waals surface area contributed by atoms with Gasteiger partial charge in [-0.05, 0) is 41.0 Å². The molecule has 1 aromatic carbocycles. The zero-order valence-electron chi connectivity index (χ0n) is 14.5. The Morgan fingerprint density at radius 2 is 1.48 bits per heavy atom. The highest BCUT2D eigenvalue weighted by Crippen LogP contribution is 2.36. The van der Waals surface area contributed by atoms with E-state index in [1.54, 1.807) is 49.1 Å². The van der Waals surface area contributed by atoms with Gasteiger partial charge in [-0.2, -0.15) is 5.26 Å². The molecule has 0 radical (unpaired) electrons. The molecule has 0 amide bonds. The summed E-state index contributed by atoms with van der Waals surface area (Å²) in [5.74, 6) is -0.265. The van der Waals surface area contributed by atoms with Crippen LogP contribution in [-0.4, -0.2) is 22.9 Å². The molecule has 1 atom stereocenters. The summed E-state index contributed by atoms with van der Waals surface area (Å²) in [7, 11) is 0. The maximum absolute atomic E-state index is 13.0. The zero-order valence-corrected chi connectivity index (χ0v) is 14.5. The quantitative estimate of drug-likeness (QED) is 0.686. The third kappa shape index (κ3) is 4.72. The molecule has 1 N–H and O–H groups in total. The van der Waals surface area contributed by atoms with Crippen LogP contribution in [0, 0.1) is 11.3 Å². The smallest absolute Gasteiger partial charge is 0.250 e. The summed E-state index contributed by atoms with van der Waals surface area (Å²) in [5, 5.41) is 12.0. The third-order valence-electron chi connectivity index (χ3n) is 4.31. The molecule has 0 aliphatic rings. The number of nitrogens with zero attached hydrogens (tertiary/aromatic N) is 3. The van der Waals surface area contributed by atoms with Crippen LogP contribution in [-0.2, 0) is 0 Å². The third-order valence-corrected chi connectivity index (χ3v) is 4.31. The number of nitrogens with one attached hydrogen (secondary N) is 1. The lowest BCUT2D eigenvalue weighted by Gasteiger charge is -2.29. The lowest BCUT2D eigenvalue weighted by atomic mass is 9.83. The summed E-state index contributed by atoms with van der Waals surface area (Å²) in [4.78, 5) is 8.38. The van der Waals surface area contributed by atoms with Gasteiger partial charge in [-0.1, -0.05) is 24.3 Å². The minimum atomic E-state index is -2.48. The molecule has 27 heavy (non-hydrogen) atoms. The lowest BCUT2D eigenvalue weighted by Crippen LogP contribution is -2.31. The summed E-state index contributed by atoms with van der Waals surface area (Å²) in [6, 6.07) is 16.1. The van der Waals surface area contributed by atoms with Crippen LogP contribution < -0.4 is 5.32 Å². The van der Waals surface area contributed by atoms with Crippen LogP contribution in [0.5, 0.6) is 0 Å². The van der Waals surface area contributed by atoms with Crippen molar-refractivity contribution in [1.82, 2.24) is 15.3 Å². The SMILES string of the molecule is N#Cc1ccc(C(NCC(F)F)C(c2cccnc2)c2cccnc2)cc1. The van der Waals surface area contributed by atoms with Crippen molar-refractivity contribution in [2.75, 3.05) is 6.54 Å². The first kappa shape index (κ1) is 18.6. The second kappa shape index (κ2) is 8.97. The van der Waals surface area contributed by atoms with E-state index in [1.165, 1.54) is 0 Å². The van der Waals surface area contributed by atoms with E-state index in [4.69, 9.17) is 5.26 Å². The summed E-state index contributed by atoms with van der Waals surface area (Å²) in [6.07, 6.45) is 4.34. The van der Waals surface area contributed by atoms with E-state index < -0.39 is 19.0 Å². The molecule has 4 nitrogen and oxygen atoms in total. The van der Waals surface area contributed by atoms with Crippen LogP contribution in [0.25, 0.3) is 0 Å². The number of pyridine rings is 2. The van der Waals surface area contributed by atoms with Gasteiger partial charge in [-0.25, -0.2) is 8.78 Å². The fourth-order valence-electron chi connectivity index (χ4n) is 3.11. The zero-order chi connectivity index (χ0) is 19.1. The molecule has 0 saturated carbocycles. The highest BCUT2D eigenvalue weighted by atomic mass is 19.3. The van der Waals surface area contributed by atoms with Gasteiger partial charge in [0.05, 0.1) is 18.2 Å². The highest BCUT2D eigenvalue weighted by molar-refractivity contribution is 5.38. The van der Waals surface area contributed by atoms with Gasteiger partial charge in [-0.15, -0.1) is 0 Å². The largest absolute Gasteiger partial charge is 0.304 e. The standard InChI is InChI=1S/C21H18F2N4/c22-19(23)14-27-21(16-7-5-15(11-24)6-8-16)20(17-3-1-9-25-12-17)18-4-2-10-26-13-18/h1-10,12-13,19-21,27H,14H2. The van der Waals surface area contributed by atoms with Crippen molar-refractivity contribution in [3.63, 3.8) is 0 Å². The Balaban J connectivity index is 2.07. The number of nitriles is 1. The molecular weight excluding hydrogens is 346 g/mol. The Morgan fingerprint density at radius 3 is 1.93 bits per heavy atom. The monoisotopic (exact) mass is 364 g/mol. The number of aromatic nitrogens is 2. The van der Waals surface area contributed by atoms with Crippen LogP contribution in [0.3, 0.4) is 0 Å². The van der Waals surface area contributed by atoms with Crippen LogP contribution in [0.2, 0.25) is 0 Å². The molecule has 0 fully saturated rings. The van der Waals surface area contributed by atoms with Crippen molar-refractivity contribution in [2.45, 2.75) is 18.4 Å². The first-order valence-corrected chi connectivity index (χ1v) is 8.50. The van der Waals surface area contributed by atoms with Crippen LogP contribution in [0.4, 0.5) is 8.78 Å². The Kier molecular flexibility index (Phi) is 6.18. The van der Waals surface area contributed by atoms with Crippen molar-refractivity contribution >= 4 is 0 Å². The summed E-state index contributed by atoms with van der Waals surface area (Å²) in [6.45, 7) is -0.443. The molecule has 136 valence electrons. The number of hydrogen-bond acceptors (Lipinski definition) is 4. The Morgan fingerprint density at radius 1 is 0.889 bits per heavy atom. The Bertz CT molecular complexity index is 838. The normalized spacial score (nSPS) is 12.1. The van der Waals surface area contributed by atoms with Crippen LogP contribution in [0.1, 0.15) is 34.2 Å². The molecule has 0 aliphatic carbocycles. The van der Waals surface area contributed by atoms with Crippen molar-refractivity contribution in [3.8, 4) is 6.07 Å². The van der Waals surface area contributed by atoms with E-state index in [0.29, 0.717) is 5.56 Å². The van der Waals surface area contributed by atoms with Gasteiger partial charge >= 0.3 is 0 Å². The molecule has 0 bridgehead atoms. The highest BCUT2D eigenvalue weighted by Gasteiger charge is 2.27. The molecule has 0 spiro atoms. The van der Waals surface area contributed by atoms with E-state index >= 15 is 0 Å². The number of benzene rings is 1. The molecule has 1 unspecified atom stereocenters. The molecular formula is C21H18F2N4. The van der Waals surface area contributed by atoms with Crippen molar-refractivity contribution in [3.05, 3.63) is 95.6 Å². The number of halogens is 2. The fourth-order valence-corrected chi connectivity index (χ4v) is 3.11.